The second kappa shape index (κ2) is 6.74. The number of nitrogens with zero attached hydrogens (tertiary/aromatic N) is 1. The van der Waals surface area contributed by atoms with Crippen molar-refractivity contribution >= 4 is 17.6 Å². The highest BCUT2D eigenvalue weighted by atomic mass is 19.1. The number of urea groups is 1. The number of nitrogens with two attached hydrogens (primary N) is 1. The maximum absolute atomic E-state index is 13.3. The number of likely N-dealkylation sites (tertiary alicyclic amines) is 1. The van der Waals surface area contributed by atoms with Gasteiger partial charge in [0, 0.05) is 24.8 Å². The molecule has 4 N–H and O–H groups in total. The third-order valence-electron chi connectivity index (χ3n) is 3.95. The second-order valence-corrected chi connectivity index (χ2v) is 5.61. The molecule has 1 heterocycles. The highest BCUT2D eigenvalue weighted by Crippen LogP contribution is 2.18. The Hall–Kier alpha value is -2.15. The Morgan fingerprint density at radius 2 is 2.18 bits per heavy atom. The molecule has 1 saturated heterocycles. The van der Waals surface area contributed by atoms with Crippen molar-refractivity contribution in [1.82, 2.24) is 10.2 Å². The monoisotopic (exact) mass is 308 g/mol. The minimum Gasteiger partial charge on any atom is -0.352 e. The zero-order valence-electron chi connectivity index (χ0n) is 12.7. The topological polar surface area (TPSA) is 87.5 Å². The van der Waals surface area contributed by atoms with Gasteiger partial charge in [-0.3, -0.25) is 9.69 Å². The molecule has 1 aromatic carbocycles. The first kappa shape index (κ1) is 16.2. The van der Waals surface area contributed by atoms with E-state index in [-0.39, 0.29) is 23.8 Å². The number of carbonyl (C=O) groups is 2. The number of halogens is 1. The molecule has 3 amide bonds. The Kier molecular flexibility index (Phi) is 4.97. The lowest BCUT2D eigenvalue weighted by atomic mass is 10.2. The first-order valence-electron chi connectivity index (χ1n) is 7.24. The summed E-state index contributed by atoms with van der Waals surface area (Å²) < 4.78 is 13.3. The molecule has 120 valence electrons. The first-order chi connectivity index (χ1) is 10.4. The third-order valence-corrected chi connectivity index (χ3v) is 3.95. The van der Waals surface area contributed by atoms with Gasteiger partial charge in [-0.05, 0) is 38.0 Å². The van der Waals surface area contributed by atoms with Crippen LogP contribution in [0.1, 0.15) is 18.9 Å². The molecule has 1 aliphatic rings. The fraction of sp³-hybridized carbons (Fsp3) is 0.467. The van der Waals surface area contributed by atoms with Gasteiger partial charge >= 0.3 is 6.03 Å². The molecular weight excluding hydrogens is 287 g/mol. The van der Waals surface area contributed by atoms with Crippen LogP contribution in [-0.2, 0) is 4.79 Å². The number of nitrogens with one attached hydrogen (secondary N) is 2. The van der Waals surface area contributed by atoms with E-state index in [0.717, 1.165) is 12.0 Å². The number of benzene rings is 1. The van der Waals surface area contributed by atoms with Crippen LogP contribution in [0.2, 0.25) is 0 Å². The van der Waals surface area contributed by atoms with E-state index in [4.69, 9.17) is 5.73 Å². The largest absolute Gasteiger partial charge is 0.352 e. The summed E-state index contributed by atoms with van der Waals surface area (Å²) >= 11 is 0. The molecular formula is C15H21FN4O2. The smallest absolute Gasteiger partial charge is 0.312 e. The van der Waals surface area contributed by atoms with Crippen LogP contribution in [0.4, 0.5) is 14.9 Å². The summed E-state index contributed by atoms with van der Waals surface area (Å²) in [6, 6.07) is 3.32. The van der Waals surface area contributed by atoms with Crippen LogP contribution in [-0.4, -0.2) is 42.0 Å². The van der Waals surface area contributed by atoms with Gasteiger partial charge < -0.3 is 16.4 Å². The van der Waals surface area contributed by atoms with E-state index in [1.807, 2.05) is 11.8 Å². The van der Waals surface area contributed by atoms with Crippen molar-refractivity contribution in [3.05, 3.63) is 29.6 Å². The highest BCUT2D eigenvalue weighted by molar-refractivity contribution is 5.95. The second-order valence-electron chi connectivity index (χ2n) is 5.61. The van der Waals surface area contributed by atoms with Crippen LogP contribution < -0.4 is 16.4 Å². The number of rotatable bonds is 4. The molecule has 1 fully saturated rings. The minimum absolute atomic E-state index is 0.0383. The average molecular weight is 308 g/mol. The number of anilines is 1. The molecule has 2 rings (SSSR count). The Bertz CT molecular complexity index is 579. The van der Waals surface area contributed by atoms with Gasteiger partial charge in [0.15, 0.2) is 0 Å². The fourth-order valence-corrected chi connectivity index (χ4v) is 2.59. The summed E-state index contributed by atoms with van der Waals surface area (Å²) in [6.07, 6.45) is 0.750. The van der Waals surface area contributed by atoms with Gasteiger partial charge in [-0.1, -0.05) is 6.07 Å². The van der Waals surface area contributed by atoms with Gasteiger partial charge in [-0.15, -0.1) is 0 Å². The summed E-state index contributed by atoms with van der Waals surface area (Å²) in [4.78, 5) is 25.1. The highest BCUT2D eigenvalue weighted by Gasteiger charge is 2.30. The Labute approximate surface area is 128 Å². The minimum atomic E-state index is -0.556. The van der Waals surface area contributed by atoms with Gasteiger partial charge in [-0.2, -0.15) is 0 Å². The third kappa shape index (κ3) is 3.94. The van der Waals surface area contributed by atoms with Gasteiger partial charge in [0.05, 0.1) is 6.04 Å². The van der Waals surface area contributed by atoms with Crippen LogP contribution in [0.15, 0.2) is 18.2 Å². The molecule has 0 radical (unpaired) electrons. The predicted molar refractivity (Wildman–Crippen MR) is 81.9 cm³/mol. The molecule has 7 heteroatoms. The number of hydrogen-bond acceptors (Lipinski definition) is 3. The van der Waals surface area contributed by atoms with E-state index in [0.29, 0.717) is 18.8 Å². The van der Waals surface area contributed by atoms with Crippen LogP contribution >= 0.6 is 0 Å². The zero-order chi connectivity index (χ0) is 16.3. The molecule has 0 unspecified atom stereocenters. The molecule has 0 aromatic heterocycles. The summed E-state index contributed by atoms with van der Waals surface area (Å²) in [5.74, 6) is -0.589. The molecule has 1 aromatic rings. The maximum atomic E-state index is 13.3. The normalized spacial score (nSPS) is 19.7. The van der Waals surface area contributed by atoms with Crippen molar-refractivity contribution in [2.24, 2.45) is 5.73 Å². The average Bonchev–Trinajstić information content (AvgIpc) is 2.89. The number of hydrogen-bond donors (Lipinski definition) is 3. The Morgan fingerprint density at radius 1 is 1.45 bits per heavy atom. The molecule has 0 saturated carbocycles. The van der Waals surface area contributed by atoms with E-state index in [2.05, 4.69) is 10.6 Å². The van der Waals surface area contributed by atoms with E-state index in [1.54, 1.807) is 13.0 Å². The van der Waals surface area contributed by atoms with Crippen molar-refractivity contribution in [3.8, 4) is 0 Å². The van der Waals surface area contributed by atoms with Crippen molar-refractivity contribution < 1.29 is 14.0 Å². The standard InChI is InChI=1S/C15H21FN4O2/c1-9-3-4-11(16)7-13(9)19-14(21)10(2)20-6-5-12(8-20)18-15(17)22/h3-4,7,10,12H,5-6,8H2,1-2H3,(H,19,21)(H3,17,18,22)/t10-,12+/m0/s1. The van der Waals surface area contributed by atoms with Crippen molar-refractivity contribution in [2.45, 2.75) is 32.4 Å². The van der Waals surface area contributed by atoms with E-state index >= 15 is 0 Å². The number of primary amides is 1. The van der Waals surface area contributed by atoms with Crippen molar-refractivity contribution in [2.75, 3.05) is 18.4 Å². The molecule has 22 heavy (non-hydrogen) atoms. The van der Waals surface area contributed by atoms with Crippen molar-refractivity contribution in [3.63, 3.8) is 0 Å². The molecule has 0 spiro atoms. The van der Waals surface area contributed by atoms with E-state index in [9.17, 15) is 14.0 Å². The Morgan fingerprint density at radius 3 is 2.86 bits per heavy atom. The lowest BCUT2D eigenvalue weighted by Crippen LogP contribution is -2.44. The number of carbonyl (C=O) groups excluding carboxylic acids is 2. The van der Waals surface area contributed by atoms with Crippen LogP contribution in [0.5, 0.6) is 0 Å². The molecule has 2 atom stereocenters. The Balaban J connectivity index is 1.95. The van der Waals surface area contributed by atoms with Crippen LogP contribution in [0.3, 0.4) is 0 Å². The molecule has 0 bridgehead atoms. The quantitative estimate of drug-likeness (QED) is 0.781. The van der Waals surface area contributed by atoms with Crippen molar-refractivity contribution in [1.29, 1.82) is 0 Å². The molecule has 6 nitrogen and oxygen atoms in total. The van der Waals surface area contributed by atoms with E-state index in [1.165, 1.54) is 12.1 Å². The summed E-state index contributed by atoms with van der Waals surface area (Å²) in [7, 11) is 0. The lowest BCUT2D eigenvalue weighted by molar-refractivity contribution is -0.120. The van der Waals surface area contributed by atoms with Gasteiger partial charge in [0.25, 0.3) is 0 Å². The summed E-state index contributed by atoms with van der Waals surface area (Å²) in [5.41, 5.74) is 6.38. The fourth-order valence-electron chi connectivity index (χ4n) is 2.59. The predicted octanol–water partition coefficient (Wildman–Crippen LogP) is 1.20. The van der Waals surface area contributed by atoms with Gasteiger partial charge in [0.1, 0.15) is 5.82 Å². The van der Waals surface area contributed by atoms with Gasteiger partial charge in [-0.25, -0.2) is 9.18 Å². The van der Waals surface area contributed by atoms with E-state index < -0.39 is 6.03 Å². The SMILES string of the molecule is Cc1ccc(F)cc1NC(=O)[C@H](C)N1CC[C@@H](NC(N)=O)C1. The van der Waals surface area contributed by atoms with Gasteiger partial charge in [0.2, 0.25) is 5.91 Å². The molecule has 0 aliphatic carbocycles. The number of amides is 3. The lowest BCUT2D eigenvalue weighted by Gasteiger charge is -2.23. The summed E-state index contributed by atoms with van der Waals surface area (Å²) in [6.45, 7) is 4.86. The summed E-state index contributed by atoms with van der Waals surface area (Å²) in [5, 5.41) is 5.40. The zero-order valence-corrected chi connectivity index (χ0v) is 12.7. The number of aryl methyl sites for hydroxylation is 1. The first-order valence-corrected chi connectivity index (χ1v) is 7.24. The molecule has 1 aliphatic heterocycles. The van der Waals surface area contributed by atoms with Crippen LogP contribution in [0.25, 0.3) is 0 Å². The maximum Gasteiger partial charge on any atom is 0.312 e. The van der Waals surface area contributed by atoms with Crippen LogP contribution in [0, 0.1) is 12.7 Å².